The lowest BCUT2D eigenvalue weighted by Crippen LogP contribution is -2.82. The Bertz CT molecular complexity index is 941. The van der Waals surface area contributed by atoms with Crippen molar-refractivity contribution in [1.29, 1.82) is 0 Å². The van der Waals surface area contributed by atoms with E-state index in [2.05, 4.69) is 84.0 Å². The normalized spacial score (nSPS) is 12.2. The summed E-state index contributed by atoms with van der Waals surface area (Å²) in [5, 5.41) is 2.40. The topological polar surface area (TPSA) is 34.4 Å². The smallest absolute Gasteiger partial charge is 0.111 e. The van der Waals surface area contributed by atoms with Crippen LogP contribution < -0.4 is 5.32 Å². The number of nitrogens with two attached hydrogens (primary N) is 1. The Hall–Kier alpha value is -2.69. The molecule has 0 aliphatic heterocycles. The van der Waals surface area contributed by atoms with Crippen molar-refractivity contribution in [1.82, 2.24) is 9.55 Å². The van der Waals surface area contributed by atoms with E-state index in [-0.39, 0.29) is 0 Å². The maximum atomic E-state index is 4.10. The van der Waals surface area contributed by atoms with Crippen molar-refractivity contribution in [3.63, 3.8) is 0 Å². The second-order valence-corrected chi connectivity index (χ2v) is 7.59. The number of quaternary nitrogens is 1. The van der Waals surface area contributed by atoms with Crippen LogP contribution in [0.3, 0.4) is 0 Å². The van der Waals surface area contributed by atoms with E-state index in [9.17, 15) is 0 Å². The van der Waals surface area contributed by atoms with Crippen molar-refractivity contribution in [2.24, 2.45) is 0 Å². The highest BCUT2D eigenvalue weighted by Gasteiger charge is 2.10. The number of nitrogens with zero attached hydrogens (tertiary/aromatic N) is 2. The molecule has 26 heavy (non-hydrogen) atoms. The SMILES string of the molecule is C[C@@H]([NH2+]Cc1ccc(-c2ccccc2)s1)c1ccc(-n2ccnc2)cc1. The van der Waals surface area contributed by atoms with E-state index in [1.165, 1.54) is 20.9 Å². The number of benzene rings is 2. The fourth-order valence-electron chi connectivity index (χ4n) is 3.04. The molecule has 4 aromatic rings. The van der Waals surface area contributed by atoms with Crippen LogP contribution in [-0.4, -0.2) is 9.55 Å². The van der Waals surface area contributed by atoms with Crippen molar-refractivity contribution >= 4 is 11.3 Å². The maximum absolute atomic E-state index is 4.10. The van der Waals surface area contributed by atoms with Gasteiger partial charge in [0.05, 0.1) is 11.2 Å². The van der Waals surface area contributed by atoms with Crippen LogP contribution in [-0.2, 0) is 6.54 Å². The molecule has 1 atom stereocenters. The summed E-state index contributed by atoms with van der Waals surface area (Å²) >= 11 is 1.88. The van der Waals surface area contributed by atoms with Crippen molar-refractivity contribution in [2.75, 3.05) is 0 Å². The second kappa shape index (κ2) is 7.68. The van der Waals surface area contributed by atoms with Gasteiger partial charge >= 0.3 is 0 Å². The van der Waals surface area contributed by atoms with E-state index in [4.69, 9.17) is 0 Å². The molecule has 2 aromatic heterocycles. The van der Waals surface area contributed by atoms with Crippen molar-refractivity contribution in [3.8, 4) is 16.1 Å². The number of rotatable bonds is 6. The molecule has 0 amide bonds. The minimum atomic E-state index is 0.425. The third kappa shape index (κ3) is 3.77. The molecule has 2 N–H and O–H groups in total. The van der Waals surface area contributed by atoms with Crippen LogP contribution >= 0.6 is 11.3 Å². The number of aromatic nitrogens is 2. The molecule has 0 saturated carbocycles. The van der Waals surface area contributed by atoms with Crippen LogP contribution in [0.2, 0.25) is 0 Å². The van der Waals surface area contributed by atoms with Gasteiger partial charge in [0.25, 0.3) is 0 Å². The average Bonchev–Trinajstić information content (AvgIpc) is 3.39. The molecule has 2 heterocycles. The average molecular weight is 361 g/mol. The van der Waals surface area contributed by atoms with Crippen molar-refractivity contribution in [2.45, 2.75) is 19.5 Å². The Labute approximate surface area is 158 Å². The Kier molecular flexibility index (Phi) is 4.95. The standard InChI is InChI=1S/C22H21N3S/c1-17(18-7-9-20(10-8-18)25-14-13-23-16-25)24-15-21-11-12-22(26-21)19-5-3-2-4-6-19/h2-14,16-17,24H,15H2,1H3/p+1/t17-/m1/s1. The zero-order valence-corrected chi connectivity index (χ0v) is 15.6. The van der Waals surface area contributed by atoms with Crippen molar-refractivity contribution < 1.29 is 5.32 Å². The third-order valence-corrected chi connectivity index (χ3v) is 5.77. The largest absolute Gasteiger partial charge is 0.336 e. The Balaban J connectivity index is 1.38. The molecule has 0 aliphatic rings. The predicted octanol–water partition coefficient (Wildman–Crippen LogP) is 4.43. The van der Waals surface area contributed by atoms with Gasteiger partial charge in [0, 0.05) is 28.5 Å². The monoisotopic (exact) mass is 360 g/mol. The van der Waals surface area contributed by atoms with Crippen LogP contribution in [0.5, 0.6) is 0 Å². The fourth-order valence-corrected chi connectivity index (χ4v) is 4.02. The molecule has 0 bridgehead atoms. The van der Waals surface area contributed by atoms with Gasteiger partial charge in [-0.3, -0.25) is 0 Å². The molecule has 0 aliphatic carbocycles. The highest BCUT2D eigenvalue weighted by atomic mass is 32.1. The summed E-state index contributed by atoms with van der Waals surface area (Å²) < 4.78 is 2.02. The lowest BCUT2D eigenvalue weighted by molar-refractivity contribution is -0.707. The molecule has 4 rings (SSSR count). The quantitative estimate of drug-likeness (QED) is 0.542. The maximum Gasteiger partial charge on any atom is 0.111 e. The molecule has 3 nitrogen and oxygen atoms in total. The van der Waals surface area contributed by atoms with E-state index in [0.29, 0.717) is 6.04 Å². The van der Waals surface area contributed by atoms with Gasteiger partial charge in [-0.15, -0.1) is 11.3 Å². The lowest BCUT2D eigenvalue weighted by atomic mass is 10.1. The van der Waals surface area contributed by atoms with Gasteiger partial charge in [0.15, 0.2) is 0 Å². The van der Waals surface area contributed by atoms with E-state index < -0.39 is 0 Å². The van der Waals surface area contributed by atoms with E-state index in [1.807, 2.05) is 28.4 Å². The van der Waals surface area contributed by atoms with Crippen molar-refractivity contribution in [3.05, 3.63) is 95.9 Å². The Morgan fingerprint density at radius 3 is 2.54 bits per heavy atom. The van der Waals surface area contributed by atoms with Crippen LogP contribution in [0, 0.1) is 0 Å². The highest BCUT2D eigenvalue weighted by Crippen LogP contribution is 2.27. The zero-order chi connectivity index (χ0) is 17.8. The number of hydrogen-bond donors (Lipinski definition) is 1. The number of imidazole rings is 1. The predicted molar refractivity (Wildman–Crippen MR) is 107 cm³/mol. The van der Waals surface area contributed by atoms with Crippen LogP contribution in [0.25, 0.3) is 16.1 Å². The summed E-state index contributed by atoms with van der Waals surface area (Å²) in [6, 6.07) is 24.2. The lowest BCUT2D eigenvalue weighted by Gasteiger charge is -2.11. The molecular formula is C22H22N3S+. The first kappa shape index (κ1) is 16.8. The Morgan fingerprint density at radius 2 is 1.81 bits per heavy atom. The van der Waals surface area contributed by atoms with Gasteiger partial charge < -0.3 is 9.88 Å². The summed E-state index contributed by atoms with van der Waals surface area (Å²) in [7, 11) is 0. The number of hydrogen-bond acceptors (Lipinski definition) is 2. The fraction of sp³-hybridized carbons (Fsp3) is 0.136. The first-order valence-electron chi connectivity index (χ1n) is 8.85. The van der Waals surface area contributed by atoms with Gasteiger partial charge in [-0.05, 0) is 36.8 Å². The molecule has 0 radical (unpaired) electrons. The van der Waals surface area contributed by atoms with Gasteiger partial charge in [-0.25, -0.2) is 4.98 Å². The van der Waals surface area contributed by atoms with Gasteiger partial charge in [0.2, 0.25) is 0 Å². The highest BCUT2D eigenvalue weighted by molar-refractivity contribution is 7.15. The van der Waals surface area contributed by atoms with E-state index in [0.717, 1.165) is 12.2 Å². The second-order valence-electron chi connectivity index (χ2n) is 6.42. The van der Waals surface area contributed by atoms with Crippen LogP contribution in [0.1, 0.15) is 23.4 Å². The first-order valence-corrected chi connectivity index (χ1v) is 9.67. The molecular weight excluding hydrogens is 338 g/mol. The van der Waals surface area contributed by atoms with Gasteiger partial charge in [-0.1, -0.05) is 42.5 Å². The zero-order valence-electron chi connectivity index (χ0n) is 14.7. The molecule has 0 unspecified atom stereocenters. The summed E-state index contributed by atoms with van der Waals surface area (Å²) in [5.41, 5.74) is 3.78. The minimum absolute atomic E-state index is 0.425. The molecule has 130 valence electrons. The van der Waals surface area contributed by atoms with Crippen LogP contribution in [0.15, 0.2) is 85.5 Å². The van der Waals surface area contributed by atoms with E-state index >= 15 is 0 Å². The summed E-state index contributed by atoms with van der Waals surface area (Å²) in [6.45, 7) is 3.26. The molecule has 2 aromatic carbocycles. The number of thiophene rings is 1. The van der Waals surface area contributed by atoms with Gasteiger partial charge in [-0.2, -0.15) is 0 Å². The summed E-state index contributed by atoms with van der Waals surface area (Å²) in [6.07, 6.45) is 5.59. The molecule has 4 heteroatoms. The van der Waals surface area contributed by atoms with E-state index in [1.54, 1.807) is 6.20 Å². The summed E-state index contributed by atoms with van der Waals surface area (Å²) in [4.78, 5) is 6.85. The van der Waals surface area contributed by atoms with Gasteiger partial charge in [0.1, 0.15) is 12.6 Å². The third-order valence-electron chi connectivity index (χ3n) is 4.61. The molecule has 0 saturated heterocycles. The summed E-state index contributed by atoms with van der Waals surface area (Å²) in [5.74, 6) is 0. The molecule has 0 spiro atoms. The first-order chi connectivity index (χ1) is 12.8. The minimum Gasteiger partial charge on any atom is -0.336 e. The Morgan fingerprint density at radius 1 is 1.00 bits per heavy atom. The van der Waals surface area contributed by atoms with Crippen LogP contribution in [0.4, 0.5) is 0 Å². The molecule has 0 fully saturated rings.